The fourth-order valence-corrected chi connectivity index (χ4v) is 2.94. The minimum absolute atomic E-state index is 1.17. The lowest BCUT2D eigenvalue weighted by Crippen LogP contribution is -2.28. The van der Waals surface area contributed by atoms with Gasteiger partial charge in [-0.1, -0.05) is 30.3 Å². The second kappa shape index (κ2) is 3.97. The molecule has 3 nitrogen and oxygen atoms in total. The van der Waals surface area contributed by atoms with Gasteiger partial charge in [-0.25, -0.2) is 4.57 Å². The third kappa shape index (κ3) is 1.37. The first-order valence-corrected chi connectivity index (χ1v) is 6.79. The van der Waals surface area contributed by atoms with Crippen LogP contribution in [-0.4, -0.2) is 8.97 Å². The highest BCUT2D eigenvalue weighted by Gasteiger charge is 2.22. The van der Waals surface area contributed by atoms with E-state index in [0.717, 1.165) is 0 Å². The summed E-state index contributed by atoms with van der Waals surface area (Å²) in [5.41, 5.74) is 4.96. The number of benzene rings is 2. The molecule has 4 rings (SSSR count). The molecule has 0 amide bonds. The lowest BCUT2D eigenvalue weighted by molar-refractivity contribution is -0.646. The van der Waals surface area contributed by atoms with Crippen LogP contribution >= 0.6 is 0 Å². The zero-order chi connectivity index (χ0) is 13.7. The van der Waals surface area contributed by atoms with Crippen molar-refractivity contribution in [2.24, 2.45) is 7.05 Å². The van der Waals surface area contributed by atoms with Gasteiger partial charge in [-0.15, -0.1) is 0 Å². The lowest BCUT2D eigenvalue weighted by Gasteiger charge is -2.04. The van der Waals surface area contributed by atoms with E-state index < -0.39 is 0 Å². The van der Waals surface area contributed by atoms with Crippen LogP contribution < -0.4 is 4.57 Å². The fourth-order valence-electron chi connectivity index (χ4n) is 2.94. The summed E-state index contributed by atoms with van der Waals surface area (Å²) < 4.78 is 6.72. The summed E-state index contributed by atoms with van der Waals surface area (Å²) in [5, 5.41) is 0. The van der Waals surface area contributed by atoms with Gasteiger partial charge in [-0.2, -0.15) is 8.97 Å². The Labute approximate surface area is 117 Å². The number of hydrogen-bond donors (Lipinski definition) is 0. The predicted octanol–water partition coefficient (Wildman–Crippen LogP) is 3.02. The summed E-state index contributed by atoms with van der Waals surface area (Å²) in [5.74, 6) is 1.17. The monoisotopic (exact) mass is 262 g/mol. The Morgan fingerprint density at radius 2 is 1.60 bits per heavy atom. The van der Waals surface area contributed by atoms with Gasteiger partial charge in [-0.05, 0) is 30.7 Å². The van der Waals surface area contributed by atoms with Crippen LogP contribution in [-0.2, 0) is 7.05 Å². The summed E-state index contributed by atoms with van der Waals surface area (Å²) in [6.45, 7) is 2.16. The molecule has 0 saturated heterocycles. The van der Waals surface area contributed by atoms with Crippen LogP contribution in [0.15, 0.2) is 60.9 Å². The van der Waals surface area contributed by atoms with Gasteiger partial charge in [0.1, 0.15) is 22.9 Å². The molecule has 0 spiro atoms. The number of aryl methyl sites for hydroxylation is 2. The summed E-state index contributed by atoms with van der Waals surface area (Å²) in [4.78, 5) is 0. The maximum absolute atomic E-state index is 2.32. The molecule has 0 N–H and O–H groups in total. The van der Waals surface area contributed by atoms with E-state index in [1.807, 2.05) is 0 Å². The quantitative estimate of drug-likeness (QED) is 0.468. The molecule has 0 bridgehead atoms. The van der Waals surface area contributed by atoms with Gasteiger partial charge in [0.05, 0.1) is 13.2 Å². The Balaban J connectivity index is 2.26. The molecular weight excluding hydrogens is 246 g/mol. The Hall–Kier alpha value is -2.55. The number of para-hydroxylation sites is 3. The van der Waals surface area contributed by atoms with Crippen LogP contribution in [0.3, 0.4) is 0 Å². The van der Waals surface area contributed by atoms with Crippen LogP contribution in [0, 0.1) is 6.92 Å². The summed E-state index contributed by atoms with van der Waals surface area (Å²) in [7, 11) is 2.09. The Bertz CT molecular complexity index is 928. The van der Waals surface area contributed by atoms with Crippen molar-refractivity contribution in [1.29, 1.82) is 0 Å². The Morgan fingerprint density at radius 3 is 2.40 bits per heavy atom. The van der Waals surface area contributed by atoms with Gasteiger partial charge >= 0.3 is 5.78 Å². The molecule has 0 aliphatic carbocycles. The summed E-state index contributed by atoms with van der Waals surface area (Å²) >= 11 is 0. The second-order valence-corrected chi connectivity index (χ2v) is 5.19. The third-order valence-corrected chi connectivity index (χ3v) is 3.91. The van der Waals surface area contributed by atoms with Crippen LogP contribution in [0.5, 0.6) is 0 Å². The molecule has 4 aromatic rings. The second-order valence-electron chi connectivity index (χ2n) is 5.19. The minimum atomic E-state index is 1.17. The van der Waals surface area contributed by atoms with E-state index in [-0.39, 0.29) is 0 Å². The third-order valence-electron chi connectivity index (χ3n) is 3.91. The van der Waals surface area contributed by atoms with Gasteiger partial charge in [-0.3, -0.25) is 0 Å². The lowest BCUT2D eigenvalue weighted by atomic mass is 10.2. The fraction of sp³-hybridized carbons (Fsp3) is 0.118. The highest BCUT2D eigenvalue weighted by molar-refractivity contribution is 5.82. The van der Waals surface area contributed by atoms with Crippen molar-refractivity contribution in [3.63, 3.8) is 0 Å². The van der Waals surface area contributed by atoms with Crippen LogP contribution in [0.4, 0.5) is 0 Å². The highest BCUT2D eigenvalue weighted by Crippen LogP contribution is 2.25. The van der Waals surface area contributed by atoms with Crippen LogP contribution in [0.2, 0.25) is 0 Å². The largest absolute Gasteiger partial charge is 0.374 e. The molecule has 0 unspecified atom stereocenters. The molecule has 0 radical (unpaired) electrons. The molecule has 0 aliphatic heterocycles. The first kappa shape index (κ1) is 11.3. The van der Waals surface area contributed by atoms with Gasteiger partial charge in [0.15, 0.2) is 0 Å². The van der Waals surface area contributed by atoms with Gasteiger partial charge in [0.2, 0.25) is 0 Å². The van der Waals surface area contributed by atoms with Gasteiger partial charge in [0, 0.05) is 0 Å². The average Bonchev–Trinajstić information content (AvgIpc) is 2.99. The molecule has 2 aromatic carbocycles. The zero-order valence-electron chi connectivity index (χ0n) is 11.6. The molecule has 2 aromatic heterocycles. The molecule has 98 valence electrons. The smallest absolute Gasteiger partial charge is 0.237 e. The van der Waals surface area contributed by atoms with Crippen molar-refractivity contribution in [2.75, 3.05) is 0 Å². The molecule has 2 heterocycles. The highest BCUT2D eigenvalue weighted by atomic mass is 15.2. The van der Waals surface area contributed by atoms with Gasteiger partial charge < -0.3 is 0 Å². The SMILES string of the molecule is Cc1ccccc1-n1c2ccccc2n2cc[n+](C)c12. The number of rotatable bonds is 1. The van der Waals surface area contributed by atoms with Crippen molar-refractivity contribution in [2.45, 2.75) is 6.92 Å². The Kier molecular flexibility index (Phi) is 2.24. The number of aromatic nitrogens is 3. The van der Waals surface area contributed by atoms with Gasteiger partial charge in [0.25, 0.3) is 0 Å². The van der Waals surface area contributed by atoms with Crippen molar-refractivity contribution < 1.29 is 4.57 Å². The summed E-state index contributed by atoms with van der Waals surface area (Å²) in [6, 6.07) is 17.0. The molecular formula is C17H16N3+. The van der Waals surface area contributed by atoms with E-state index in [0.29, 0.717) is 0 Å². The van der Waals surface area contributed by atoms with Crippen molar-refractivity contribution in [1.82, 2.24) is 8.97 Å². The molecule has 0 atom stereocenters. The van der Waals surface area contributed by atoms with E-state index in [4.69, 9.17) is 0 Å². The predicted molar refractivity (Wildman–Crippen MR) is 80.1 cm³/mol. The number of nitrogens with zero attached hydrogens (tertiary/aromatic N) is 3. The standard InChI is InChI=1S/C17H16N3/c1-13-7-3-4-8-14(13)20-16-10-6-5-9-15(16)19-12-11-18(2)17(19)20/h3-12H,1-2H3/q+1. The Morgan fingerprint density at radius 1 is 0.900 bits per heavy atom. The number of imidazole rings is 2. The molecule has 3 heteroatoms. The molecule has 0 saturated carbocycles. The maximum Gasteiger partial charge on any atom is 0.374 e. The first-order valence-electron chi connectivity index (χ1n) is 6.79. The average molecular weight is 262 g/mol. The summed E-state index contributed by atoms with van der Waals surface area (Å²) in [6.07, 6.45) is 4.21. The maximum atomic E-state index is 2.32. The van der Waals surface area contributed by atoms with Crippen molar-refractivity contribution in [3.8, 4) is 5.69 Å². The van der Waals surface area contributed by atoms with Crippen LogP contribution in [0.1, 0.15) is 5.56 Å². The van der Waals surface area contributed by atoms with E-state index >= 15 is 0 Å². The van der Waals surface area contributed by atoms with E-state index in [2.05, 4.69) is 88.4 Å². The van der Waals surface area contributed by atoms with E-state index in [1.165, 1.54) is 28.1 Å². The number of fused-ring (bicyclic) bond motifs is 3. The van der Waals surface area contributed by atoms with E-state index in [9.17, 15) is 0 Å². The first-order chi connectivity index (χ1) is 9.77. The van der Waals surface area contributed by atoms with E-state index in [1.54, 1.807) is 0 Å². The zero-order valence-corrected chi connectivity index (χ0v) is 11.6. The van der Waals surface area contributed by atoms with Crippen molar-refractivity contribution in [3.05, 3.63) is 66.5 Å². The van der Waals surface area contributed by atoms with Crippen LogP contribution in [0.25, 0.3) is 22.5 Å². The molecule has 0 aliphatic rings. The topological polar surface area (TPSA) is 13.2 Å². The number of hydrogen-bond acceptors (Lipinski definition) is 0. The minimum Gasteiger partial charge on any atom is -0.237 e. The van der Waals surface area contributed by atoms with Crippen molar-refractivity contribution >= 4 is 16.8 Å². The molecule has 0 fully saturated rings. The normalized spacial score (nSPS) is 11.5. The molecule has 20 heavy (non-hydrogen) atoms.